The predicted octanol–water partition coefficient (Wildman–Crippen LogP) is 0.202. The molecule has 6 nitrogen and oxygen atoms in total. The van der Waals surface area contributed by atoms with E-state index < -0.39 is 10.0 Å². The molecule has 1 atom stereocenters. The highest BCUT2D eigenvalue weighted by molar-refractivity contribution is 7.89. The van der Waals surface area contributed by atoms with Gasteiger partial charge in [0.25, 0.3) is 10.0 Å². The standard InChI is InChI=1S/C11H19N3O3S/c1-9(15)10-4-7-14(8-5-10)18(16,17)11-3-6-12-13(11)2/h3,6,9-10,15H,4-5,7-8H2,1-2H3. The molecule has 2 heterocycles. The fraction of sp³-hybridized carbons (Fsp3) is 0.727. The number of piperidine rings is 1. The van der Waals surface area contributed by atoms with E-state index in [-0.39, 0.29) is 17.0 Å². The van der Waals surface area contributed by atoms with Gasteiger partial charge in [-0.15, -0.1) is 0 Å². The molecule has 7 heteroatoms. The van der Waals surface area contributed by atoms with Gasteiger partial charge in [-0.05, 0) is 31.7 Å². The molecule has 18 heavy (non-hydrogen) atoms. The van der Waals surface area contributed by atoms with Gasteiger partial charge in [0, 0.05) is 20.1 Å². The molecule has 1 fully saturated rings. The predicted molar refractivity (Wildman–Crippen MR) is 66.4 cm³/mol. The maximum absolute atomic E-state index is 12.3. The molecule has 1 aliphatic rings. The number of sulfonamides is 1. The van der Waals surface area contributed by atoms with E-state index in [0.29, 0.717) is 25.9 Å². The van der Waals surface area contributed by atoms with Crippen molar-refractivity contribution in [1.82, 2.24) is 14.1 Å². The van der Waals surface area contributed by atoms with E-state index in [1.807, 2.05) is 0 Å². The quantitative estimate of drug-likeness (QED) is 0.853. The van der Waals surface area contributed by atoms with Gasteiger partial charge >= 0.3 is 0 Å². The first-order valence-corrected chi connectivity index (χ1v) is 7.53. The maximum Gasteiger partial charge on any atom is 0.260 e. The Morgan fingerprint density at radius 1 is 1.44 bits per heavy atom. The second-order valence-corrected chi connectivity index (χ2v) is 6.66. The molecule has 0 aromatic carbocycles. The number of rotatable bonds is 3. The molecular weight excluding hydrogens is 254 g/mol. The second kappa shape index (κ2) is 4.99. The monoisotopic (exact) mass is 273 g/mol. The van der Waals surface area contributed by atoms with Crippen LogP contribution in [0.4, 0.5) is 0 Å². The molecule has 1 saturated heterocycles. The van der Waals surface area contributed by atoms with Crippen molar-refractivity contribution in [3.63, 3.8) is 0 Å². The lowest BCUT2D eigenvalue weighted by molar-refractivity contribution is 0.0911. The Kier molecular flexibility index (Phi) is 3.74. The summed E-state index contributed by atoms with van der Waals surface area (Å²) in [6, 6.07) is 1.51. The zero-order chi connectivity index (χ0) is 13.3. The maximum atomic E-state index is 12.3. The molecule has 0 spiro atoms. The highest BCUT2D eigenvalue weighted by Gasteiger charge is 2.32. The van der Waals surface area contributed by atoms with Gasteiger partial charge in [0.2, 0.25) is 0 Å². The summed E-state index contributed by atoms with van der Waals surface area (Å²) in [5, 5.41) is 13.6. The first kappa shape index (κ1) is 13.5. The molecule has 1 N–H and O–H groups in total. The average molecular weight is 273 g/mol. The first-order valence-electron chi connectivity index (χ1n) is 6.09. The molecule has 1 aromatic rings. The van der Waals surface area contributed by atoms with E-state index in [4.69, 9.17) is 0 Å². The summed E-state index contributed by atoms with van der Waals surface area (Å²) < 4.78 is 27.5. The summed E-state index contributed by atoms with van der Waals surface area (Å²) in [7, 11) is -1.83. The van der Waals surface area contributed by atoms with E-state index in [1.165, 1.54) is 21.3 Å². The van der Waals surface area contributed by atoms with Crippen molar-refractivity contribution in [3.8, 4) is 0 Å². The average Bonchev–Trinajstić information content (AvgIpc) is 2.76. The van der Waals surface area contributed by atoms with Crippen molar-refractivity contribution in [2.45, 2.75) is 30.9 Å². The van der Waals surface area contributed by atoms with Gasteiger partial charge in [0.05, 0.1) is 12.3 Å². The van der Waals surface area contributed by atoms with Crippen molar-refractivity contribution >= 4 is 10.0 Å². The number of aryl methyl sites for hydroxylation is 1. The Labute approximate surface area is 107 Å². The van der Waals surface area contributed by atoms with Crippen molar-refractivity contribution in [1.29, 1.82) is 0 Å². The van der Waals surface area contributed by atoms with Gasteiger partial charge in [-0.25, -0.2) is 8.42 Å². The minimum absolute atomic E-state index is 0.197. The second-order valence-electron chi connectivity index (χ2n) is 4.78. The van der Waals surface area contributed by atoms with Crippen LogP contribution in [0.5, 0.6) is 0 Å². The highest BCUT2D eigenvalue weighted by Crippen LogP contribution is 2.25. The normalized spacial score (nSPS) is 21.1. The van der Waals surface area contributed by atoms with Gasteiger partial charge in [0.15, 0.2) is 5.03 Å². The van der Waals surface area contributed by atoms with Crippen LogP contribution in [0.25, 0.3) is 0 Å². The third kappa shape index (κ3) is 2.43. The number of hydrogen-bond acceptors (Lipinski definition) is 4. The minimum atomic E-state index is -3.45. The zero-order valence-electron chi connectivity index (χ0n) is 10.7. The minimum Gasteiger partial charge on any atom is -0.393 e. The van der Waals surface area contributed by atoms with E-state index in [9.17, 15) is 13.5 Å². The van der Waals surface area contributed by atoms with Crippen LogP contribution in [0.15, 0.2) is 17.3 Å². The summed E-state index contributed by atoms with van der Waals surface area (Å²) in [6.07, 6.45) is 2.52. The lowest BCUT2D eigenvalue weighted by Gasteiger charge is -2.32. The van der Waals surface area contributed by atoms with Crippen LogP contribution in [0, 0.1) is 5.92 Å². The van der Waals surface area contributed by atoms with E-state index in [1.54, 1.807) is 14.0 Å². The number of hydrogen-bond donors (Lipinski definition) is 1. The summed E-state index contributed by atoms with van der Waals surface area (Å²) in [4.78, 5) is 0. The van der Waals surface area contributed by atoms with E-state index >= 15 is 0 Å². The molecule has 102 valence electrons. The summed E-state index contributed by atoms with van der Waals surface area (Å²) in [6.45, 7) is 2.68. The van der Waals surface area contributed by atoms with Crippen LogP contribution in [-0.2, 0) is 17.1 Å². The highest BCUT2D eigenvalue weighted by atomic mass is 32.2. The molecule has 1 aliphatic heterocycles. The molecule has 0 saturated carbocycles. The van der Waals surface area contributed by atoms with Crippen molar-refractivity contribution < 1.29 is 13.5 Å². The smallest absolute Gasteiger partial charge is 0.260 e. The first-order chi connectivity index (χ1) is 8.43. The topological polar surface area (TPSA) is 75.4 Å². The number of nitrogens with zero attached hydrogens (tertiary/aromatic N) is 3. The Balaban J connectivity index is 2.12. The van der Waals surface area contributed by atoms with Crippen LogP contribution in [0.1, 0.15) is 19.8 Å². The van der Waals surface area contributed by atoms with Crippen LogP contribution < -0.4 is 0 Å². The third-order valence-corrected chi connectivity index (χ3v) is 5.53. The third-order valence-electron chi connectivity index (χ3n) is 3.56. The Bertz CT molecular complexity index is 501. The van der Waals surface area contributed by atoms with Crippen molar-refractivity contribution in [3.05, 3.63) is 12.3 Å². The number of aromatic nitrogens is 2. The Hall–Kier alpha value is -0.920. The van der Waals surface area contributed by atoms with Gasteiger partial charge in [-0.1, -0.05) is 0 Å². The molecule has 0 radical (unpaired) electrons. The van der Waals surface area contributed by atoms with Gasteiger partial charge < -0.3 is 5.11 Å². The molecule has 2 rings (SSSR count). The lowest BCUT2D eigenvalue weighted by atomic mass is 9.93. The molecular formula is C11H19N3O3S. The van der Waals surface area contributed by atoms with Gasteiger partial charge in [0.1, 0.15) is 0 Å². The fourth-order valence-electron chi connectivity index (χ4n) is 2.35. The summed E-state index contributed by atoms with van der Waals surface area (Å²) in [5.41, 5.74) is 0. The van der Waals surface area contributed by atoms with Crippen LogP contribution in [0.2, 0.25) is 0 Å². The van der Waals surface area contributed by atoms with Crippen LogP contribution in [-0.4, -0.2) is 46.8 Å². The van der Waals surface area contributed by atoms with Crippen LogP contribution >= 0.6 is 0 Å². The van der Waals surface area contributed by atoms with Crippen molar-refractivity contribution in [2.24, 2.45) is 13.0 Å². The largest absolute Gasteiger partial charge is 0.393 e. The van der Waals surface area contributed by atoms with E-state index in [0.717, 1.165) is 0 Å². The molecule has 0 bridgehead atoms. The lowest BCUT2D eigenvalue weighted by Crippen LogP contribution is -2.41. The Morgan fingerprint density at radius 2 is 2.06 bits per heavy atom. The number of aliphatic hydroxyl groups is 1. The summed E-state index contributed by atoms with van der Waals surface area (Å²) in [5.74, 6) is 0.197. The van der Waals surface area contributed by atoms with Gasteiger partial charge in [-0.2, -0.15) is 9.40 Å². The molecule has 1 unspecified atom stereocenters. The SMILES string of the molecule is CC(O)C1CCN(S(=O)(=O)c2ccnn2C)CC1. The molecule has 0 amide bonds. The zero-order valence-corrected chi connectivity index (χ0v) is 11.5. The Morgan fingerprint density at radius 3 is 2.50 bits per heavy atom. The van der Waals surface area contributed by atoms with Crippen molar-refractivity contribution in [2.75, 3.05) is 13.1 Å². The van der Waals surface area contributed by atoms with E-state index in [2.05, 4.69) is 5.10 Å². The molecule has 0 aliphatic carbocycles. The van der Waals surface area contributed by atoms with Crippen LogP contribution in [0.3, 0.4) is 0 Å². The number of aliphatic hydroxyl groups excluding tert-OH is 1. The fourth-order valence-corrected chi connectivity index (χ4v) is 3.92. The summed E-state index contributed by atoms with van der Waals surface area (Å²) >= 11 is 0. The molecule has 1 aromatic heterocycles. The van der Waals surface area contributed by atoms with Gasteiger partial charge in [-0.3, -0.25) is 4.68 Å².